The number of carbonyl (C=O) groups is 2. The van der Waals surface area contributed by atoms with Crippen molar-refractivity contribution < 1.29 is 33.6 Å². The van der Waals surface area contributed by atoms with Crippen LogP contribution >= 0.6 is 11.6 Å². The predicted octanol–water partition coefficient (Wildman–Crippen LogP) is 4.55. The van der Waals surface area contributed by atoms with E-state index in [2.05, 4.69) is 0 Å². The van der Waals surface area contributed by atoms with Gasteiger partial charge in [-0.25, -0.2) is 9.59 Å². The summed E-state index contributed by atoms with van der Waals surface area (Å²) < 4.78 is 22.0. The van der Waals surface area contributed by atoms with Gasteiger partial charge in [-0.3, -0.25) is 0 Å². The van der Waals surface area contributed by atoms with Crippen molar-refractivity contribution >= 4 is 23.5 Å². The molecule has 200 valence electrons. The maximum atomic E-state index is 12.9. The SMILES string of the molecule is COC(=O)C1=CN(CCOC23CC4CC(CC(C4)C2)C3)C=C(C(=O)OC)C1c1cc(Cl)c(O)c(OC)c1. The van der Waals surface area contributed by atoms with Crippen LogP contribution in [0.4, 0.5) is 0 Å². The lowest BCUT2D eigenvalue weighted by Crippen LogP contribution is -2.52. The molecule has 4 fully saturated rings. The number of carbonyl (C=O) groups excluding carboxylic acids is 2. The molecule has 6 rings (SSSR count). The Labute approximate surface area is 222 Å². The van der Waals surface area contributed by atoms with Crippen LogP contribution in [0.15, 0.2) is 35.7 Å². The second-order valence-corrected chi connectivity index (χ2v) is 11.2. The first-order chi connectivity index (χ1) is 17.8. The number of phenols is 1. The van der Waals surface area contributed by atoms with Gasteiger partial charge >= 0.3 is 11.9 Å². The van der Waals surface area contributed by atoms with E-state index in [1.807, 2.05) is 0 Å². The summed E-state index contributed by atoms with van der Waals surface area (Å²) in [4.78, 5) is 27.6. The average molecular weight is 532 g/mol. The van der Waals surface area contributed by atoms with Gasteiger partial charge in [0.25, 0.3) is 0 Å². The molecule has 4 bridgehead atoms. The zero-order chi connectivity index (χ0) is 26.3. The number of hydrogen-bond donors (Lipinski definition) is 1. The van der Waals surface area contributed by atoms with Crippen LogP contribution in [-0.4, -0.2) is 62.0 Å². The maximum absolute atomic E-state index is 12.9. The van der Waals surface area contributed by atoms with Crippen LogP contribution in [0.2, 0.25) is 5.02 Å². The van der Waals surface area contributed by atoms with E-state index >= 15 is 0 Å². The van der Waals surface area contributed by atoms with Crippen LogP contribution in [0.1, 0.15) is 50.0 Å². The van der Waals surface area contributed by atoms with Crippen LogP contribution in [0.25, 0.3) is 0 Å². The molecule has 0 aromatic heterocycles. The first-order valence-corrected chi connectivity index (χ1v) is 13.2. The standard InChI is InChI=1S/C28H34ClNO7/c1-34-23-10-19(9-22(29)25(23)31)24-20(26(32)35-2)14-30(15-21(24)27(33)36-3)4-5-37-28-11-16-6-17(12-28)8-18(7-16)13-28/h9-10,14-18,24,31H,4-8,11-13H2,1-3H3. The van der Waals surface area contributed by atoms with E-state index in [0.29, 0.717) is 18.7 Å². The number of hydrogen-bond acceptors (Lipinski definition) is 8. The Balaban J connectivity index is 1.41. The Morgan fingerprint density at radius 1 is 0.973 bits per heavy atom. The summed E-state index contributed by atoms with van der Waals surface area (Å²) in [7, 11) is 3.98. The summed E-state index contributed by atoms with van der Waals surface area (Å²) in [6.45, 7) is 0.945. The van der Waals surface area contributed by atoms with Gasteiger partial charge in [0.05, 0.1) is 55.6 Å². The number of ether oxygens (including phenoxy) is 4. The summed E-state index contributed by atoms with van der Waals surface area (Å²) in [5.41, 5.74) is 0.932. The van der Waals surface area contributed by atoms with Gasteiger partial charge in [-0.15, -0.1) is 0 Å². The van der Waals surface area contributed by atoms with Gasteiger partial charge in [0.15, 0.2) is 11.5 Å². The van der Waals surface area contributed by atoms with E-state index in [-0.39, 0.29) is 33.3 Å². The van der Waals surface area contributed by atoms with Crippen molar-refractivity contribution in [1.82, 2.24) is 4.90 Å². The van der Waals surface area contributed by atoms with E-state index in [4.69, 9.17) is 30.5 Å². The highest BCUT2D eigenvalue weighted by molar-refractivity contribution is 6.32. The van der Waals surface area contributed by atoms with Gasteiger partial charge in [-0.2, -0.15) is 0 Å². The summed E-state index contributed by atoms with van der Waals surface area (Å²) >= 11 is 6.24. The molecule has 1 heterocycles. The first-order valence-electron chi connectivity index (χ1n) is 12.8. The molecule has 1 aromatic rings. The van der Waals surface area contributed by atoms with Gasteiger partial charge in [0, 0.05) is 18.9 Å². The Morgan fingerprint density at radius 3 is 2.00 bits per heavy atom. The Kier molecular flexibility index (Phi) is 7.16. The second kappa shape index (κ2) is 10.2. The monoisotopic (exact) mass is 531 g/mol. The van der Waals surface area contributed by atoms with E-state index in [9.17, 15) is 14.7 Å². The molecule has 4 saturated carbocycles. The summed E-state index contributed by atoms with van der Waals surface area (Å²) in [5, 5.41) is 10.2. The lowest BCUT2D eigenvalue weighted by atomic mass is 9.54. The van der Waals surface area contributed by atoms with Gasteiger partial charge in [0.1, 0.15) is 0 Å². The first kappa shape index (κ1) is 25.9. The minimum atomic E-state index is -0.827. The minimum Gasteiger partial charge on any atom is -0.503 e. The molecule has 0 radical (unpaired) electrons. The van der Waals surface area contributed by atoms with E-state index in [0.717, 1.165) is 37.0 Å². The van der Waals surface area contributed by atoms with E-state index in [1.165, 1.54) is 46.7 Å². The number of rotatable bonds is 8. The second-order valence-electron chi connectivity index (χ2n) is 10.8. The van der Waals surface area contributed by atoms with Gasteiger partial charge in [-0.05, 0) is 74.0 Å². The fraction of sp³-hybridized carbons (Fsp3) is 0.571. The van der Waals surface area contributed by atoms with Crippen molar-refractivity contribution in [3.8, 4) is 11.5 Å². The molecular weight excluding hydrogens is 498 g/mol. The van der Waals surface area contributed by atoms with Crippen LogP contribution in [0.5, 0.6) is 11.5 Å². The van der Waals surface area contributed by atoms with Crippen LogP contribution in [0, 0.1) is 17.8 Å². The van der Waals surface area contributed by atoms with Crippen molar-refractivity contribution in [2.45, 2.75) is 50.0 Å². The zero-order valence-electron chi connectivity index (χ0n) is 21.5. The molecule has 1 N–H and O–H groups in total. The lowest BCUT2D eigenvalue weighted by Gasteiger charge is -2.56. The molecule has 0 saturated heterocycles. The Hall–Kier alpha value is -2.71. The average Bonchev–Trinajstić information content (AvgIpc) is 2.87. The molecule has 0 atom stereocenters. The molecule has 37 heavy (non-hydrogen) atoms. The van der Waals surface area contributed by atoms with Gasteiger partial charge < -0.3 is 29.0 Å². The van der Waals surface area contributed by atoms with Crippen LogP contribution in [-0.2, 0) is 23.8 Å². The third-order valence-corrected chi connectivity index (χ3v) is 8.71. The van der Waals surface area contributed by atoms with Gasteiger partial charge in [-0.1, -0.05) is 11.6 Å². The molecule has 9 heteroatoms. The quantitative estimate of drug-likeness (QED) is 0.488. The van der Waals surface area contributed by atoms with E-state index < -0.39 is 17.9 Å². The molecule has 4 aliphatic carbocycles. The largest absolute Gasteiger partial charge is 0.503 e. The van der Waals surface area contributed by atoms with Crippen molar-refractivity contribution in [3.05, 3.63) is 46.3 Å². The Bertz CT molecular complexity index is 1070. The number of methoxy groups -OCH3 is 3. The van der Waals surface area contributed by atoms with Crippen molar-refractivity contribution in [3.63, 3.8) is 0 Å². The van der Waals surface area contributed by atoms with Crippen molar-refractivity contribution in [1.29, 1.82) is 0 Å². The highest BCUT2D eigenvalue weighted by Crippen LogP contribution is 2.57. The molecule has 0 amide bonds. The molecule has 5 aliphatic rings. The van der Waals surface area contributed by atoms with Crippen molar-refractivity contribution in [2.75, 3.05) is 34.5 Å². The fourth-order valence-corrected chi connectivity index (χ4v) is 7.49. The maximum Gasteiger partial charge on any atom is 0.336 e. The molecule has 1 aromatic carbocycles. The van der Waals surface area contributed by atoms with Gasteiger partial charge in [0.2, 0.25) is 0 Å². The van der Waals surface area contributed by atoms with Crippen LogP contribution < -0.4 is 4.74 Å². The minimum absolute atomic E-state index is 0.0315. The Morgan fingerprint density at radius 2 is 1.51 bits per heavy atom. The third-order valence-electron chi connectivity index (χ3n) is 8.42. The van der Waals surface area contributed by atoms with Crippen molar-refractivity contribution in [2.24, 2.45) is 17.8 Å². The molecular formula is C28H34ClNO7. The van der Waals surface area contributed by atoms with Crippen LogP contribution in [0.3, 0.4) is 0 Å². The van der Waals surface area contributed by atoms with E-state index in [1.54, 1.807) is 23.4 Å². The number of aromatic hydroxyl groups is 1. The number of phenolic OH excluding ortho intramolecular Hbond substituents is 1. The highest BCUT2D eigenvalue weighted by Gasteiger charge is 2.51. The summed E-state index contributed by atoms with van der Waals surface area (Å²) in [6.07, 6.45) is 10.8. The number of nitrogens with zero attached hydrogens (tertiary/aromatic N) is 1. The zero-order valence-corrected chi connectivity index (χ0v) is 22.3. The molecule has 1 aliphatic heterocycles. The topological polar surface area (TPSA) is 94.5 Å². The summed E-state index contributed by atoms with van der Waals surface area (Å²) in [6, 6.07) is 3.05. The number of halogens is 1. The fourth-order valence-electron chi connectivity index (χ4n) is 7.27. The number of benzene rings is 1. The molecule has 8 nitrogen and oxygen atoms in total. The molecule has 0 unspecified atom stereocenters. The lowest BCUT2D eigenvalue weighted by molar-refractivity contribution is -0.162. The highest BCUT2D eigenvalue weighted by atomic mass is 35.5. The summed E-state index contributed by atoms with van der Waals surface area (Å²) in [5.74, 6) is 0.256. The number of esters is 2. The third kappa shape index (κ3) is 4.93. The molecule has 0 spiro atoms. The smallest absolute Gasteiger partial charge is 0.336 e. The predicted molar refractivity (Wildman–Crippen MR) is 136 cm³/mol. The normalized spacial score (nSPS) is 28.5.